The van der Waals surface area contributed by atoms with Crippen molar-refractivity contribution in [3.63, 3.8) is 0 Å². The van der Waals surface area contributed by atoms with Crippen LogP contribution >= 0.6 is 0 Å². The maximum absolute atomic E-state index is 12.2. The van der Waals surface area contributed by atoms with Crippen LogP contribution < -0.4 is 10.2 Å². The van der Waals surface area contributed by atoms with Crippen molar-refractivity contribution in [3.05, 3.63) is 29.8 Å². The molecule has 1 fully saturated rings. The summed E-state index contributed by atoms with van der Waals surface area (Å²) >= 11 is 0. The predicted molar refractivity (Wildman–Crippen MR) is 92.0 cm³/mol. The monoisotopic (exact) mass is 312 g/mol. The Hall–Kier alpha value is -2.28. The van der Waals surface area contributed by atoms with Gasteiger partial charge >= 0.3 is 0 Å². The van der Waals surface area contributed by atoms with Gasteiger partial charge in [-0.15, -0.1) is 6.42 Å². The summed E-state index contributed by atoms with van der Waals surface area (Å²) in [4.78, 5) is 25.8. The second kappa shape index (κ2) is 7.32. The molecule has 23 heavy (non-hydrogen) atoms. The number of carbonyl (C=O) groups is 2. The average Bonchev–Trinajstić information content (AvgIpc) is 2.99. The van der Waals surface area contributed by atoms with E-state index >= 15 is 0 Å². The van der Waals surface area contributed by atoms with Crippen molar-refractivity contribution in [1.82, 2.24) is 5.32 Å². The molecule has 4 heteroatoms. The van der Waals surface area contributed by atoms with Crippen molar-refractivity contribution in [1.29, 1.82) is 0 Å². The summed E-state index contributed by atoms with van der Waals surface area (Å²) < 4.78 is 0. The Bertz CT molecular complexity index is 609. The standard InChI is InChI=1S/C19H24N2O2/c1-4-19(5-2,6-3)20-17(22)14-15-9-11-16(12-10-15)21-13-7-8-18(21)23/h1,9-12H,5-8,13-14H2,2-3H3,(H,20,22). The fourth-order valence-corrected chi connectivity index (χ4v) is 2.88. The first kappa shape index (κ1) is 17.1. The van der Waals surface area contributed by atoms with E-state index in [1.807, 2.05) is 38.1 Å². The van der Waals surface area contributed by atoms with Gasteiger partial charge in [0.25, 0.3) is 0 Å². The summed E-state index contributed by atoms with van der Waals surface area (Å²) in [7, 11) is 0. The highest BCUT2D eigenvalue weighted by molar-refractivity contribution is 5.95. The van der Waals surface area contributed by atoms with E-state index in [-0.39, 0.29) is 18.2 Å². The summed E-state index contributed by atoms with van der Waals surface area (Å²) in [6.07, 6.45) is 8.81. The number of carbonyl (C=O) groups excluding carboxylic acids is 2. The van der Waals surface area contributed by atoms with Gasteiger partial charge in [-0.05, 0) is 37.0 Å². The highest BCUT2D eigenvalue weighted by Crippen LogP contribution is 2.22. The first-order valence-corrected chi connectivity index (χ1v) is 8.21. The van der Waals surface area contributed by atoms with Crippen molar-refractivity contribution in [2.45, 2.75) is 51.5 Å². The zero-order chi connectivity index (χ0) is 16.9. The van der Waals surface area contributed by atoms with Crippen LogP contribution in [-0.4, -0.2) is 23.9 Å². The lowest BCUT2D eigenvalue weighted by atomic mass is 9.93. The van der Waals surface area contributed by atoms with Gasteiger partial charge in [-0.1, -0.05) is 31.9 Å². The lowest BCUT2D eigenvalue weighted by Gasteiger charge is -2.27. The molecule has 1 N–H and O–H groups in total. The minimum absolute atomic E-state index is 0.0725. The third-order valence-electron chi connectivity index (χ3n) is 4.55. The molecule has 1 aromatic rings. The molecular formula is C19H24N2O2. The quantitative estimate of drug-likeness (QED) is 0.821. The molecule has 0 atom stereocenters. The van der Waals surface area contributed by atoms with Crippen LogP contribution in [0.15, 0.2) is 24.3 Å². The van der Waals surface area contributed by atoms with Crippen LogP contribution in [0.4, 0.5) is 5.69 Å². The molecule has 1 aliphatic rings. The highest BCUT2D eigenvalue weighted by Gasteiger charge is 2.25. The van der Waals surface area contributed by atoms with E-state index in [1.54, 1.807) is 4.90 Å². The van der Waals surface area contributed by atoms with E-state index < -0.39 is 5.54 Å². The Kier molecular flexibility index (Phi) is 5.44. The molecule has 0 saturated carbocycles. The van der Waals surface area contributed by atoms with Crippen LogP contribution in [-0.2, 0) is 16.0 Å². The Morgan fingerprint density at radius 3 is 2.43 bits per heavy atom. The topological polar surface area (TPSA) is 49.4 Å². The Balaban J connectivity index is 1.99. The number of hydrogen-bond donors (Lipinski definition) is 1. The summed E-state index contributed by atoms with van der Waals surface area (Å²) in [5.74, 6) is 2.80. The van der Waals surface area contributed by atoms with E-state index in [1.165, 1.54) is 0 Å². The molecule has 0 aromatic heterocycles. The molecule has 1 saturated heterocycles. The number of terminal acetylenes is 1. The number of amides is 2. The van der Waals surface area contributed by atoms with Gasteiger partial charge in [0.05, 0.1) is 6.42 Å². The SMILES string of the molecule is C#CC(CC)(CC)NC(=O)Cc1ccc(N2CCCC2=O)cc1. The van der Waals surface area contributed by atoms with Crippen LogP contribution in [0, 0.1) is 12.3 Å². The number of rotatable bonds is 6. The molecule has 2 rings (SSSR count). The Labute approximate surface area is 138 Å². The average molecular weight is 312 g/mol. The molecule has 122 valence electrons. The molecule has 0 spiro atoms. The molecule has 2 amide bonds. The molecule has 1 aromatic carbocycles. The number of anilines is 1. The molecule has 1 aliphatic heterocycles. The van der Waals surface area contributed by atoms with Gasteiger partial charge in [-0.25, -0.2) is 0 Å². The van der Waals surface area contributed by atoms with Crippen LogP contribution in [0.1, 0.15) is 45.1 Å². The van der Waals surface area contributed by atoms with E-state index in [2.05, 4.69) is 11.2 Å². The van der Waals surface area contributed by atoms with Crippen molar-refractivity contribution in [2.24, 2.45) is 0 Å². The van der Waals surface area contributed by atoms with E-state index in [0.717, 1.165) is 24.2 Å². The van der Waals surface area contributed by atoms with Gasteiger partial charge in [-0.2, -0.15) is 0 Å². The predicted octanol–water partition coefficient (Wildman–Crippen LogP) is 2.66. The van der Waals surface area contributed by atoms with Crippen LogP contribution in [0.5, 0.6) is 0 Å². The fourth-order valence-electron chi connectivity index (χ4n) is 2.88. The lowest BCUT2D eigenvalue weighted by molar-refractivity contribution is -0.122. The largest absolute Gasteiger partial charge is 0.340 e. The molecule has 0 bridgehead atoms. The van der Waals surface area contributed by atoms with E-state index in [9.17, 15) is 9.59 Å². The number of nitrogens with zero attached hydrogens (tertiary/aromatic N) is 1. The van der Waals surface area contributed by atoms with Gasteiger partial charge in [-0.3, -0.25) is 9.59 Å². The molecule has 4 nitrogen and oxygen atoms in total. The van der Waals surface area contributed by atoms with Gasteiger partial charge in [0.2, 0.25) is 11.8 Å². The molecular weight excluding hydrogens is 288 g/mol. The van der Waals surface area contributed by atoms with Crippen molar-refractivity contribution < 1.29 is 9.59 Å². The van der Waals surface area contributed by atoms with Crippen molar-refractivity contribution >= 4 is 17.5 Å². The zero-order valence-corrected chi connectivity index (χ0v) is 13.9. The minimum atomic E-state index is -0.557. The zero-order valence-electron chi connectivity index (χ0n) is 13.9. The molecule has 1 heterocycles. The van der Waals surface area contributed by atoms with Crippen LogP contribution in [0.3, 0.4) is 0 Å². The second-order valence-corrected chi connectivity index (χ2v) is 5.97. The van der Waals surface area contributed by atoms with Crippen molar-refractivity contribution in [3.8, 4) is 12.3 Å². The van der Waals surface area contributed by atoms with Crippen molar-refractivity contribution in [2.75, 3.05) is 11.4 Å². The third kappa shape index (κ3) is 3.92. The lowest BCUT2D eigenvalue weighted by Crippen LogP contribution is -2.47. The number of benzene rings is 1. The maximum Gasteiger partial charge on any atom is 0.227 e. The summed E-state index contributed by atoms with van der Waals surface area (Å²) in [5, 5.41) is 2.97. The van der Waals surface area contributed by atoms with Crippen LogP contribution in [0.2, 0.25) is 0 Å². The third-order valence-corrected chi connectivity index (χ3v) is 4.55. The smallest absolute Gasteiger partial charge is 0.227 e. The van der Waals surface area contributed by atoms with Gasteiger partial charge in [0.15, 0.2) is 0 Å². The molecule has 0 aliphatic carbocycles. The first-order chi connectivity index (χ1) is 11.0. The summed E-state index contributed by atoms with van der Waals surface area (Å²) in [6, 6.07) is 7.60. The Morgan fingerprint density at radius 1 is 1.30 bits per heavy atom. The normalized spacial score (nSPS) is 14.7. The summed E-state index contributed by atoms with van der Waals surface area (Å²) in [6.45, 7) is 4.73. The molecule has 0 radical (unpaired) electrons. The molecule has 0 unspecified atom stereocenters. The first-order valence-electron chi connectivity index (χ1n) is 8.21. The minimum Gasteiger partial charge on any atom is -0.340 e. The highest BCUT2D eigenvalue weighted by atomic mass is 16.2. The fraction of sp³-hybridized carbons (Fsp3) is 0.474. The summed E-state index contributed by atoms with van der Waals surface area (Å²) in [5.41, 5.74) is 1.26. The number of nitrogens with one attached hydrogen (secondary N) is 1. The Morgan fingerprint density at radius 2 is 1.96 bits per heavy atom. The second-order valence-electron chi connectivity index (χ2n) is 5.97. The maximum atomic E-state index is 12.2. The van der Waals surface area contributed by atoms with Gasteiger partial charge < -0.3 is 10.2 Å². The number of hydrogen-bond acceptors (Lipinski definition) is 2. The van der Waals surface area contributed by atoms with Crippen LogP contribution in [0.25, 0.3) is 0 Å². The van der Waals surface area contributed by atoms with E-state index in [0.29, 0.717) is 19.3 Å². The van der Waals surface area contributed by atoms with E-state index in [4.69, 9.17) is 6.42 Å². The van der Waals surface area contributed by atoms with Gasteiger partial charge in [0.1, 0.15) is 5.54 Å². The van der Waals surface area contributed by atoms with Gasteiger partial charge in [0, 0.05) is 18.7 Å².